The van der Waals surface area contributed by atoms with Crippen LogP contribution >= 0.6 is 0 Å². The molecule has 34 heavy (non-hydrogen) atoms. The SMILES string of the molecule is Cc1cc(OCC/C=N\N=C(N)N)cc(OS(=O)(=O)c2cccc3cnccc23)c1.O=[N+]([O-])O. The summed E-state index contributed by atoms with van der Waals surface area (Å²) < 4.78 is 36.8. The quantitative estimate of drug-likeness (QED) is 0.104. The van der Waals surface area contributed by atoms with Crippen LogP contribution in [0.4, 0.5) is 0 Å². The van der Waals surface area contributed by atoms with Gasteiger partial charge in [0.1, 0.15) is 16.4 Å². The molecule has 0 saturated heterocycles. The molecule has 0 amide bonds. The molecule has 13 nitrogen and oxygen atoms in total. The van der Waals surface area contributed by atoms with Crippen molar-refractivity contribution in [1.82, 2.24) is 4.98 Å². The van der Waals surface area contributed by atoms with Crippen LogP contribution in [0.1, 0.15) is 12.0 Å². The molecule has 0 aliphatic rings. The monoisotopic (exact) mass is 490 g/mol. The second kappa shape index (κ2) is 12.0. The fourth-order valence-corrected chi connectivity index (χ4v) is 3.86. The lowest BCUT2D eigenvalue weighted by Crippen LogP contribution is -2.21. The van der Waals surface area contributed by atoms with Crippen LogP contribution < -0.4 is 20.4 Å². The molecule has 0 saturated carbocycles. The van der Waals surface area contributed by atoms with Crippen LogP contribution in [0.5, 0.6) is 11.5 Å². The molecular weight excluding hydrogens is 468 g/mol. The molecule has 5 N–H and O–H groups in total. The third-order valence-corrected chi connectivity index (χ3v) is 5.22. The van der Waals surface area contributed by atoms with Gasteiger partial charge < -0.3 is 25.6 Å². The molecule has 0 spiro atoms. The van der Waals surface area contributed by atoms with E-state index in [1.807, 2.05) is 6.92 Å². The predicted molar refractivity (Wildman–Crippen MR) is 124 cm³/mol. The molecule has 1 heterocycles. The fourth-order valence-electron chi connectivity index (χ4n) is 2.72. The smallest absolute Gasteiger partial charge is 0.339 e. The average Bonchev–Trinajstić information content (AvgIpc) is 2.74. The zero-order valence-electron chi connectivity index (χ0n) is 17.9. The van der Waals surface area contributed by atoms with Crippen LogP contribution in [-0.2, 0) is 10.1 Å². The van der Waals surface area contributed by atoms with Gasteiger partial charge in [0, 0.05) is 41.9 Å². The van der Waals surface area contributed by atoms with Gasteiger partial charge in [-0.15, -0.1) is 15.2 Å². The van der Waals surface area contributed by atoms with Crippen LogP contribution in [0, 0.1) is 17.0 Å². The fraction of sp³-hybridized carbons (Fsp3) is 0.150. The first-order valence-corrected chi connectivity index (χ1v) is 10.9. The highest BCUT2D eigenvalue weighted by atomic mass is 32.2. The Morgan fingerprint density at radius 3 is 2.65 bits per heavy atom. The largest absolute Gasteiger partial charge is 0.493 e. The van der Waals surface area contributed by atoms with Crippen molar-refractivity contribution in [2.75, 3.05) is 6.61 Å². The standard InChI is InChI=1S/C20H21N5O4S.HNO3/c1-14-10-16(28-9-3-7-24-25-20(21)22)12-17(11-14)29-30(26,27)19-5-2-4-15-13-23-8-6-18(15)19;2-1(3)4/h2,4-8,10-13H,3,9H2,1H3,(H4,21,22,25);(H,2,3,4)/b24-7-;. The highest BCUT2D eigenvalue weighted by Crippen LogP contribution is 2.28. The molecule has 14 heteroatoms. The van der Waals surface area contributed by atoms with E-state index >= 15 is 0 Å². The number of aromatic nitrogens is 1. The zero-order valence-corrected chi connectivity index (χ0v) is 18.8. The second-order valence-corrected chi connectivity index (χ2v) is 8.08. The van der Waals surface area contributed by atoms with Crippen LogP contribution in [0.15, 0.2) is 70.0 Å². The summed E-state index contributed by atoms with van der Waals surface area (Å²) in [4.78, 5) is 12.5. The number of nitrogens with two attached hydrogens (primary N) is 2. The van der Waals surface area contributed by atoms with Crippen molar-refractivity contribution in [3.63, 3.8) is 0 Å². The van der Waals surface area contributed by atoms with E-state index < -0.39 is 15.2 Å². The summed E-state index contributed by atoms with van der Waals surface area (Å²) in [5.41, 5.74) is 11.1. The number of pyridine rings is 1. The van der Waals surface area contributed by atoms with Gasteiger partial charge in [0.05, 0.1) is 6.61 Å². The van der Waals surface area contributed by atoms with E-state index in [4.69, 9.17) is 35.7 Å². The Balaban J connectivity index is 0.000000945. The number of hydrogen-bond acceptors (Lipinski definition) is 9. The van der Waals surface area contributed by atoms with Crippen molar-refractivity contribution in [2.24, 2.45) is 21.7 Å². The van der Waals surface area contributed by atoms with Crippen molar-refractivity contribution >= 4 is 33.1 Å². The minimum absolute atomic E-state index is 0.0716. The number of rotatable bonds is 8. The lowest BCUT2D eigenvalue weighted by molar-refractivity contribution is -0.742. The average molecular weight is 490 g/mol. The third-order valence-electron chi connectivity index (χ3n) is 3.91. The molecule has 3 rings (SSSR count). The van der Waals surface area contributed by atoms with Gasteiger partial charge >= 0.3 is 10.1 Å². The molecule has 3 aromatic rings. The second-order valence-electron chi connectivity index (χ2n) is 6.57. The molecule has 2 aromatic carbocycles. The highest BCUT2D eigenvalue weighted by molar-refractivity contribution is 7.87. The van der Waals surface area contributed by atoms with Gasteiger partial charge in [0.2, 0.25) is 5.96 Å². The zero-order chi connectivity index (χ0) is 25.1. The number of fused-ring (bicyclic) bond motifs is 1. The number of benzene rings is 2. The first-order chi connectivity index (χ1) is 16.1. The summed E-state index contributed by atoms with van der Waals surface area (Å²) in [5.74, 6) is 0.499. The number of nitrogens with zero attached hydrogens (tertiary/aromatic N) is 4. The van der Waals surface area contributed by atoms with Gasteiger partial charge in [0.15, 0.2) is 0 Å². The molecule has 0 fully saturated rings. The summed E-state index contributed by atoms with van der Waals surface area (Å²) in [7, 11) is -4.06. The van der Waals surface area contributed by atoms with Crippen molar-refractivity contribution < 1.29 is 27.6 Å². The minimum atomic E-state index is -4.06. The van der Waals surface area contributed by atoms with E-state index in [2.05, 4.69) is 15.2 Å². The summed E-state index contributed by atoms with van der Waals surface area (Å²) in [6.45, 7) is 2.12. The minimum Gasteiger partial charge on any atom is -0.493 e. The summed E-state index contributed by atoms with van der Waals surface area (Å²) in [5, 5.41) is 22.0. The lowest BCUT2D eigenvalue weighted by Gasteiger charge is -2.12. The van der Waals surface area contributed by atoms with E-state index in [0.29, 0.717) is 29.5 Å². The number of guanidine groups is 1. The van der Waals surface area contributed by atoms with Crippen molar-refractivity contribution in [3.8, 4) is 11.5 Å². The molecule has 0 atom stereocenters. The van der Waals surface area contributed by atoms with E-state index in [-0.39, 0.29) is 16.6 Å². The molecule has 1 aromatic heterocycles. The predicted octanol–water partition coefficient (Wildman–Crippen LogP) is 1.99. The first kappa shape index (κ1) is 25.8. The Labute approximate surface area is 194 Å². The number of aryl methyl sites for hydroxylation is 1. The number of hydrogen-bond donors (Lipinski definition) is 3. The van der Waals surface area contributed by atoms with Gasteiger partial charge in [-0.05, 0) is 36.8 Å². The Kier molecular flexibility index (Phi) is 9.08. The Morgan fingerprint density at radius 1 is 1.24 bits per heavy atom. The van der Waals surface area contributed by atoms with Crippen molar-refractivity contribution in [2.45, 2.75) is 18.2 Å². The summed E-state index contributed by atoms with van der Waals surface area (Å²) >= 11 is 0. The highest BCUT2D eigenvalue weighted by Gasteiger charge is 2.20. The molecule has 0 unspecified atom stereocenters. The van der Waals surface area contributed by atoms with E-state index in [1.165, 1.54) is 24.5 Å². The summed E-state index contributed by atoms with van der Waals surface area (Å²) in [6.07, 6.45) is 5.11. The first-order valence-electron chi connectivity index (χ1n) is 9.54. The van der Waals surface area contributed by atoms with Gasteiger partial charge in [-0.25, -0.2) is 0 Å². The van der Waals surface area contributed by atoms with Gasteiger partial charge in [-0.1, -0.05) is 12.1 Å². The normalized spacial score (nSPS) is 10.9. The third kappa shape index (κ3) is 8.23. The molecule has 0 aliphatic carbocycles. The maximum atomic E-state index is 12.9. The van der Waals surface area contributed by atoms with E-state index in [1.54, 1.807) is 36.5 Å². The summed E-state index contributed by atoms with van der Waals surface area (Å²) in [6, 6.07) is 11.5. The maximum Gasteiger partial charge on any atom is 0.339 e. The molecule has 0 radical (unpaired) electrons. The molecule has 180 valence electrons. The number of ether oxygens (including phenoxy) is 1. The van der Waals surface area contributed by atoms with Crippen LogP contribution in [0.25, 0.3) is 10.8 Å². The van der Waals surface area contributed by atoms with E-state index in [0.717, 1.165) is 5.56 Å². The van der Waals surface area contributed by atoms with Crippen LogP contribution in [-0.4, -0.2) is 42.5 Å². The molecule has 0 aliphatic heterocycles. The van der Waals surface area contributed by atoms with E-state index in [9.17, 15) is 8.42 Å². The Morgan fingerprint density at radius 2 is 1.94 bits per heavy atom. The molecule has 0 bridgehead atoms. The van der Waals surface area contributed by atoms with Crippen molar-refractivity contribution in [3.05, 3.63) is 70.5 Å². The van der Waals surface area contributed by atoms with Crippen molar-refractivity contribution in [1.29, 1.82) is 0 Å². The van der Waals surface area contributed by atoms with Crippen LogP contribution in [0.3, 0.4) is 0 Å². The van der Waals surface area contributed by atoms with Crippen LogP contribution in [0.2, 0.25) is 0 Å². The Bertz CT molecular complexity index is 1300. The van der Waals surface area contributed by atoms with Gasteiger partial charge in [0.25, 0.3) is 5.09 Å². The molecular formula is C20H22N6O7S. The Hall–Kier alpha value is -4.46. The van der Waals surface area contributed by atoms with Gasteiger partial charge in [-0.3, -0.25) is 4.98 Å². The lowest BCUT2D eigenvalue weighted by atomic mass is 10.2. The maximum absolute atomic E-state index is 12.9. The van der Waals surface area contributed by atoms with Gasteiger partial charge in [-0.2, -0.15) is 13.5 Å². The topological polar surface area (TPSA) is 206 Å².